The Balaban J connectivity index is 2.23. The van der Waals surface area contributed by atoms with Gasteiger partial charge in [-0.25, -0.2) is 4.39 Å². The summed E-state index contributed by atoms with van der Waals surface area (Å²) in [5.41, 5.74) is 2.75. The Morgan fingerprint density at radius 2 is 1.80 bits per heavy atom. The third-order valence-corrected chi connectivity index (χ3v) is 3.02. The molecule has 0 radical (unpaired) electrons. The van der Waals surface area contributed by atoms with Crippen molar-refractivity contribution >= 4 is 5.70 Å². The predicted octanol–water partition coefficient (Wildman–Crippen LogP) is 3.82. The number of rotatable bonds is 4. The molecule has 0 saturated carbocycles. The lowest BCUT2D eigenvalue weighted by molar-refractivity contribution is 0.475. The highest BCUT2D eigenvalue weighted by atomic mass is 19.1. The Labute approximate surface area is 118 Å². The van der Waals surface area contributed by atoms with Crippen LogP contribution in [0, 0.1) is 17.1 Å². The van der Waals surface area contributed by atoms with E-state index in [9.17, 15) is 4.39 Å². The first-order valence-corrected chi connectivity index (χ1v) is 6.31. The molecule has 0 aromatic heterocycles. The van der Waals surface area contributed by atoms with Crippen LogP contribution in [0.15, 0.2) is 60.7 Å². The minimum Gasteiger partial charge on any atom is -0.369 e. The number of halogens is 1. The van der Waals surface area contributed by atoms with E-state index in [0.717, 1.165) is 16.8 Å². The summed E-state index contributed by atoms with van der Waals surface area (Å²) in [7, 11) is 1.92. The first kappa shape index (κ1) is 13.8. The monoisotopic (exact) mass is 266 g/mol. The molecule has 3 heteroatoms. The second-order valence-electron chi connectivity index (χ2n) is 4.51. The van der Waals surface area contributed by atoms with Gasteiger partial charge in [-0.15, -0.1) is 0 Å². The lowest BCUT2D eigenvalue weighted by Crippen LogP contribution is -2.16. The first-order chi connectivity index (χ1) is 9.70. The molecule has 0 heterocycles. The van der Waals surface area contributed by atoms with Crippen molar-refractivity contribution in [1.29, 1.82) is 5.26 Å². The molecule has 2 nitrogen and oxygen atoms in total. The summed E-state index contributed by atoms with van der Waals surface area (Å²) in [6.07, 6.45) is 1.48. The Morgan fingerprint density at radius 1 is 1.15 bits per heavy atom. The molecule has 20 heavy (non-hydrogen) atoms. The summed E-state index contributed by atoms with van der Waals surface area (Å²) < 4.78 is 13.0. The Bertz CT molecular complexity index is 624. The summed E-state index contributed by atoms with van der Waals surface area (Å²) in [5, 5.41) is 8.94. The number of nitrogens with zero attached hydrogens (tertiary/aromatic N) is 2. The van der Waals surface area contributed by atoms with Gasteiger partial charge in [0.25, 0.3) is 0 Å². The zero-order chi connectivity index (χ0) is 14.4. The summed E-state index contributed by atoms with van der Waals surface area (Å²) in [6, 6.07) is 18.2. The van der Waals surface area contributed by atoms with Crippen molar-refractivity contribution in [1.82, 2.24) is 4.90 Å². The molecule has 0 atom stereocenters. The fourth-order valence-corrected chi connectivity index (χ4v) is 2.04. The molecular formula is C17H15FN2. The van der Waals surface area contributed by atoms with Crippen LogP contribution in [0.4, 0.5) is 4.39 Å². The van der Waals surface area contributed by atoms with E-state index < -0.39 is 0 Å². The molecule has 0 unspecified atom stereocenters. The normalized spacial score (nSPS) is 10.9. The average molecular weight is 266 g/mol. The van der Waals surface area contributed by atoms with Gasteiger partial charge in [0.15, 0.2) is 0 Å². The molecule has 0 N–H and O–H groups in total. The van der Waals surface area contributed by atoms with Crippen molar-refractivity contribution < 1.29 is 4.39 Å². The molecule has 0 saturated heterocycles. The van der Waals surface area contributed by atoms with Crippen molar-refractivity contribution in [2.24, 2.45) is 0 Å². The number of allylic oxidation sites excluding steroid dienone is 1. The van der Waals surface area contributed by atoms with Gasteiger partial charge in [0.05, 0.1) is 11.8 Å². The van der Waals surface area contributed by atoms with E-state index in [1.54, 1.807) is 12.1 Å². The first-order valence-electron chi connectivity index (χ1n) is 6.31. The van der Waals surface area contributed by atoms with Crippen molar-refractivity contribution in [3.63, 3.8) is 0 Å². The average Bonchev–Trinajstić information content (AvgIpc) is 2.47. The van der Waals surface area contributed by atoms with Crippen LogP contribution in [0.25, 0.3) is 5.70 Å². The van der Waals surface area contributed by atoms with Crippen LogP contribution in [0.1, 0.15) is 11.1 Å². The smallest absolute Gasteiger partial charge is 0.123 e. The predicted molar refractivity (Wildman–Crippen MR) is 77.9 cm³/mol. The minimum atomic E-state index is -0.282. The van der Waals surface area contributed by atoms with Gasteiger partial charge in [0, 0.05) is 19.7 Å². The standard InChI is InChI=1S/C17H15FN2/c1-20(13-14-5-3-2-4-6-14)17(11-12-19)15-7-9-16(18)10-8-15/h2-11H,13H2,1H3/b17-11+. The molecular weight excluding hydrogens is 251 g/mol. The lowest BCUT2D eigenvalue weighted by Gasteiger charge is -2.22. The Morgan fingerprint density at radius 3 is 2.40 bits per heavy atom. The Kier molecular flexibility index (Phi) is 4.52. The van der Waals surface area contributed by atoms with Gasteiger partial charge in [-0.2, -0.15) is 5.26 Å². The van der Waals surface area contributed by atoms with Crippen LogP contribution in [0.2, 0.25) is 0 Å². The highest BCUT2D eigenvalue weighted by molar-refractivity contribution is 5.66. The van der Waals surface area contributed by atoms with Crippen molar-refractivity contribution in [3.05, 3.63) is 77.6 Å². The van der Waals surface area contributed by atoms with E-state index in [1.807, 2.05) is 42.3 Å². The van der Waals surface area contributed by atoms with Gasteiger partial charge < -0.3 is 4.90 Å². The van der Waals surface area contributed by atoms with Crippen LogP contribution in [-0.4, -0.2) is 11.9 Å². The number of hydrogen-bond donors (Lipinski definition) is 0. The van der Waals surface area contributed by atoms with Crippen LogP contribution in [0.3, 0.4) is 0 Å². The van der Waals surface area contributed by atoms with Crippen LogP contribution in [0.5, 0.6) is 0 Å². The summed E-state index contributed by atoms with van der Waals surface area (Å²) >= 11 is 0. The molecule has 2 aromatic carbocycles. The zero-order valence-corrected chi connectivity index (χ0v) is 11.3. The van der Waals surface area contributed by atoms with Gasteiger partial charge in [0.1, 0.15) is 5.82 Å². The quantitative estimate of drug-likeness (QED) is 0.786. The molecule has 2 rings (SSSR count). The van der Waals surface area contributed by atoms with Crippen LogP contribution < -0.4 is 0 Å². The van der Waals surface area contributed by atoms with E-state index in [1.165, 1.54) is 18.2 Å². The highest BCUT2D eigenvalue weighted by Crippen LogP contribution is 2.20. The SMILES string of the molecule is CN(Cc1ccccc1)/C(=C/C#N)c1ccc(F)cc1. The molecule has 0 fully saturated rings. The van der Waals surface area contributed by atoms with Crippen molar-refractivity contribution in [2.75, 3.05) is 7.05 Å². The highest BCUT2D eigenvalue weighted by Gasteiger charge is 2.08. The topological polar surface area (TPSA) is 27.0 Å². The zero-order valence-electron chi connectivity index (χ0n) is 11.3. The summed E-state index contributed by atoms with van der Waals surface area (Å²) in [5.74, 6) is -0.282. The summed E-state index contributed by atoms with van der Waals surface area (Å²) in [6.45, 7) is 0.686. The molecule has 0 aliphatic rings. The maximum absolute atomic E-state index is 13.0. The molecule has 0 aliphatic carbocycles. The lowest BCUT2D eigenvalue weighted by atomic mass is 10.1. The number of benzene rings is 2. The molecule has 0 spiro atoms. The third kappa shape index (κ3) is 3.46. The number of hydrogen-bond acceptors (Lipinski definition) is 2. The molecule has 2 aromatic rings. The fourth-order valence-electron chi connectivity index (χ4n) is 2.04. The van der Waals surface area contributed by atoms with Gasteiger partial charge in [-0.05, 0) is 35.4 Å². The molecule has 0 bridgehead atoms. The maximum atomic E-state index is 13.0. The third-order valence-electron chi connectivity index (χ3n) is 3.02. The van der Waals surface area contributed by atoms with Crippen molar-refractivity contribution in [2.45, 2.75) is 6.54 Å². The van der Waals surface area contributed by atoms with Gasteiger partial charge in [-0.3, -0.25) is 0 Å². The summed E-state index contributed by atoms with van der Waals surface area (Å²) in [4.78, 5) is 1.98. The maximum Gasteiger partial charge on any atom is 0.123 e. The van der Waals surface area contributed by atoms with E-state index in [2.05, 4.69) is 6.07 Å². The van der Waals surface area contributed by atoms with Gasteiger partial charge in [-0.1, -0.05) is 30.3 Å². The van der Waals surface area contributed by atoms with Crippen LogP contribution >= 0.6 is 0 Å². The molecule has 100 valence electrons. The second kappa shape index (κ2) is 6.53. The fraction of sp³-hybridized carbons (Fsp3) is 0.118. The van der Waals surface area contributed by atoms with Crippen LogP contribution in [-0.2, 0) is 6.54 Å². The van der Waals surface area contributed by atoms with E-state index in [0.29, 0.717) is 6.54 Å². The Hall–Kier alpha value is -2.60. The number of nitriles is 1. The van der Waals surface area contributed by atoms with E-state index >= 15 is 0 Å². The van der Waals surface area contributed by atoms with E-state index in [4.69, 9.17) is 5.26 Å². The minimum absolute atomic E-state index is 0.282. The second-order valence-corrected chi connectivity index (χ2v) is 4.51. The molecule has 0 amide bonds. The van der Waals surface area contributed by atoms with Crippen molar-refractivity contribution in [3.8, 4) is 6.07 Å². The van der Waals surface area contributed by atoms with Gasteiger partial charge in [0.2, 0.25) is 0 Å². The molecule has 0 aliphatic heterocycles. The van der Waals surface area contributed by atoms with E-state index in [-0.39, 0.29) is 5.82 Å². The largest absolute Gasteiger partial charge is 0.369 e. The van der Waals surface area contributed by atoms with Gasteiger partial charge >= 0.3 is 0 Å².